The molecule has 0 aliphatic carbocycles. The zero-order chi connectivity index (χ0) is 15.8. The molecule has 0 aromatic heterocycles. The number of carbonyl (C=O) groups excluding carboxylic acids is 1. The molecule has 2 amide bonds. The molecule has 1 aromatic rings. The third kappa shape index (κ3) is 5.76. The molecule has 0 spiro atoms. The number of urea groups is 1. The van der Waals surface area contributed by atoms with Crippen LogP contribution in [0.25, 0.3) is 0 Å². The molecule has 0 radical (unpaired) electrons. The van der Waals surface area contributed by atoms with E-state index in [1.54, 1.807) is 4.90 Å². The second kappa shape index (κ2) is 8.67. The number of nitrogens with one attached hydrogen (secondary N) is 1. The number of nitrogens with zero attached hydrogens (tertiary/aromatic N) is 1. The fraction of sp³-hybridized carbons (Fsp3) is 0.588. The predicted octanol–water partition coefficient (Wildman–Crippen LogP) is 3.17. The summed E-state index contributed by atoms with van der Waals surface area (Å²) >= 11 is 0. The molecule has 0 aliphatic heterocycles. The molecule has 4 heteroatoms. The molecule has 2 N–H and O–H groups in total. The molecule has 0 fully saturated rings. The first-order valence-electron chi connectivity index (χ1n) is 7.72. The van der Waals surface area contributed by atoms with Gasteiger partial charge in [0.15, 0.2) is 0 Å². The highest BCUT2D eigenvalue weighted by Gasteiger charge is 2.16. The number of carbonyl (C=O) groups is 1. The molecule has 1 aromatic carbocycles. The number of unbranched alkanes of at least 4 members (excludes halogenated alkanes) is 1. The maximum absolute atomic E-state index is 12.3. The van der Waals surface area contributed by atoms with Gasteiger partial charge < -0.3 is 15.3 Å². The first-order chi connectivity index (χ1) is 9.97. The van der Waals surface area contributed by atoms with Gasteiger partial charge in [-0.2, -0.15) is 0 Å². The fourth-order valence-corrected chi connectivity index (χ4v) is 2.40. The Kier molecular flexibility index (Phi) is 7.23. The quantitative estimate of drug-likeness (QED) is 0.811. The number of aliphatic hydroxyl groups excluding tert-OH is 1. The summed E-state index contributed by atoms with van der Waals surface area (Å²) in [6.45, 7) is 9.26. The Hall–Kier alpha value is -1.55. The van der Waals surface area contributed by atoms with Crippen LogP contribution in [0, 0.1) is 13.8 Å². The number of hydrogen-bond donors (Lipinski definition) is 2. The van der Waals surface area contributed by atoms with E-state index in [1.807, 2.05) is 6.92 Å². The van der Waals surface area contributed by atoms with Crippen molar-refractivity contribution in [2.45, 2.75) is 46.6 Å². The van der Waals surface area contributed by atoms with Crippen molar-refractivity contribution in [3.05, 3.63) is 34.9 Å². The average Bonchev–Trinajstić information content (AvgIpc) is 2.42. The van der Waals surface area contributed by atoms with E-state index in [0.29, 0.717) is 13.1 Å². The summed E-state index contributed by atoms with van der Waals surface area (Å²) in [5, 5.41) is 12.1. The van der Waals surface area contributed by atoms with Crippen LogP contribution in [-0.2, 0) is 0 Å². The van der Waals surface area contributed by atoms with E-state index in [9.17, 15) is 4.79 Å². The Bertz CT molecular complexity index is 440. The second-order valence-corrected chi connectivity index (χ2v) is 5.66. The van der Waals surface area contributed by atoms with E-state index in [4.69, 9.17) is 5.11 Å². The van der Waals surface area contributed by atoms with Crippen LogP contribution in [0.3, 0.4) is 0 Å². The third-order valence-electron chi connectivity index (χ3n) is 3.52. The minimum absolute atomic E-state index is 0.00489. The molecule has 1 atom stereocenters. The van der Waals surface area contributed by atoms with Crippen LogP contribution in [0.1, 0.15) is 49.4 Å². The maximum Gasteiger partial charge on any atom is 0.317 e. The van der Waals surface area contributed by atoms with Gasteiger partial charge in [0.05, 0.1) is 12.6 Å². The van der Waals surface area contributed by atoms with Gasteiger partial charge in [-0.1, -0.05) is 42.7 Å². The SMILES string of the molecule is CCCCN(CCO)C(=O)NC(C)c1cc(C)cc(C)c1. The lowest BCUT2D eigenvalue weighted by atomic mass is 10.0. The summed E-state index contributed by atoms with van der Waals surface area (Å²) in [4.78, 5) is 14.0. The summed E-state index contributed by atoms with van der Waals surface area (Å²) in [5.74, 6) is 0. The van der Waals surface area contributed by atoms with E-state index in [0.717, 1.165) is 18.4 Å². The van der Waals surface area contributed by atoms with Gasteiger partial charge in [-0.3, -0.25) is 0 Å². The normalized spacial score (nSPS) is 12.0. The van der Waals surface area contributed by atoms with Crippen LogP contribution in [0.15, 0.2) is 18.2 Å². The summed E-state index contributed by atoms with van der Waals surface area (Å²) in [7, 11) is 0. The second-order valence-electron chi connectivity index (χ2n) is 5.66. The van der Waals surface area contributed by atoms with Crippen molar-refractivity contribution in [1.29, 1.82) is 0 Å². The van der Waals surface area contributed by atoms with E-state index < -0.39 is 0 Å². The van der Waals surface area contributed by atoms with Gasteiger partial charge in [0.1, 0.15) is 0 Å². The average molecular weight is 292 g/mol. The summed E-state index contributed by atoms with van der Waals surface area (Å²) < 4.78 is 0. The topological polar surface area (TPSA) is 52.6 Å². The van der Waals surface area contributed by atoms with Gasteiger partial charge in [-0.25, -0.2) is 4.79 Å². The van der Waals surface area contributed by atoms with E-state index in [-0.39, 0.29) is 18.7 Å². The van der Waals surface area contributed by atoms with Crippen molar-refractivity contribution in [3.8, 4) is 0 Å². The molecule has 1 rings (SSSR count). The van der Waals surface area contributed by atoms with E-state index in [1.165, 1.54) is 11.1 Å². The highest BCUT2D eigenvalue weighted by molar-refractivity contribution is 5.74. The summed E-state index contributed by atoms with van der Waals surface area (Å²) in [5.41, 5.74) is 3.51. The number of aliphatic hydroxyl groups is 1. The van der Waals surface area contributed by atoms with Gasteiger partial charge in [0.2, 0.25) is 0 Å². The maximum atomic E-state index is 12.3. The number of amides is 2. The minimum atomic E-state index is -0.107. The number of rotatable bonds is 7. The summed E-state index contributed by atoms with van der Waals surface area (Å²) in [6.07, 6.45) is 1.98. The molecule has 0 bridgehead atoms. The standard InChI is InChI=1S/C17H28N2O2/c1-5-6-7-19(8-9-20)17(21)18-15(4)16-11-13(2)10-14(3)12-16/h10-12,15,20H,5-9H2,1-4H3,(H,18,21). The lowest BCUT2D eigenvalue weighted by Gasteiger charge is -2.25. The van der Waals surface area contributed by atoms with Crippen LogP contribution < -0.4 is 5.32 Å². The zero-order valence-electron chi connectivity index (χ0n) is 13.6. The first kappa shape index (κ1) is 17.5. The van der Waals surface area contributed by atoms with Crippen LogP contribution in [0.2, 0.25) is 0 Å². The molecule has 4 nitrogen and oxygen atoms in total. The fourth-order valence-electron chi connectivity index (χ4n) is 2.40. The van der Waals surface area contributed by atoms with Crippen molar-refractivity contribution >= 4 is 6.03 Å². The smallest absolute Gasteiger partial charge is 0.317 e. The Morgan fingerprint density at radius 3 is 2.38 bits per heavy atom. The molecule has 0 saturated carbocycles. The molecule has 118 valence electrons. The van der Waals surface area contributed by atoms with Crippen LogP contribution in [0.5, 0.6) is 0 Å². The van der Waals surface area contributed by atoms with Crippen LogP contribution in [0.4, 0.5) is 4.79 Å². The Labute approximate surface area is 128 Å². The number of aryl methyl sites for hydroxylation is 2. The van der Waals surface area contributed by atoms with E-state index in [2.05, 4.69) is 44.3 Å². The van der Waals surface area contributed by atoms with Crippen LogP contribution in [-0.4, -0.2) is 35.7 Å². The highest BCUT2D eigenvalue weighted by Crippen LogP contribution is 2.17. The predicted molar refractivity (Wildman–Crippen MR) is 86.4 cm³/mol. The minimum Gasteiger partial charge on any atom is -0.395 e. The highest BCUT2D eigenvalue weighted by atomic mass is 16.3. The largest absolute Gasteiger partial charge is 0.395 e. The van der Waals surface area contributed by atoms with Gasteiger partial charge >= 0.3 is 6.03 Å². The van der Waals surface area contributed by atoms with Crippen molar-refractivity contribution in [3.63, 3.8) is 0 Å². The van der Waals surface area contributed by atoms with Crippen molar-refractivity contribution in [2.75, 3.05) is 19.7 Å². The Balaban J connectivity index is 2.70. The van der Waals surface area contributed by atoms with Gasteiger partial charge in [-0.15, -0.1) is 0 Å². The van der Waals surface area contributed by atoms with Gasteiger partial charge in [-0.05, 0) is 32.8 Å². The van der Waals surface area contributed by atoms with Crippen molar-refractivity contribution in [2.24, 2.45) is 0 Å². The van der Waals surface area contributed by atoms with Gasteiger partial charge in [0, 0.05) is 13.1 Å². The Morgan fingerprint density at radius 2 is 1.86 bits per heavy atom. The summed E-state index contributed by atoms with van der Waals surface area (Å²) in [6, 6.07) is 6.17. The van der Waals surface area contributed by atoms with Crippen LogP contribution >= 0.6 is 0 Å². The van der Waals surface area contributed by atoms with Crippen molar-refractivity contribution in [1.82, 2.24) is 10.2 Å². The molecular weight excluding hydrogens is 264 g/mol. The Morgan fingerprint density at radius 1 is 1.24 bits per heavy atom. The molecule has 0 heterocycles. The van der Waals surface area contributed by atoms with Crippen molar-refractivity contribution < 1.29 is 9.90 Å². The zero-order valence-corrected chi connectivity index (χ0v) is 13.6. The monoisotopic (exact) mass is 292 g/mol. The first-order valence-corrected chi connectivity index (χ1v) is 7.72. The third-order valence-corrected chi connectivity index (χ3v) is 3.52. The number of hydrogen-bond acceptors (Lipinski definition) is 2. The molecule has 0 saturated heterocycles. The number of benzene rings is 1. The van der Waals surface area contributed by atoms with Gasteiger partial charge in [0.25, 0.3) is 0 Å². The molecular formula is C17H28N2O2. The lowest BCUT2D eigenvalue weighted by molar-refractivity contribution is 0.173. The molecule has 0 aliphatic rings. The molecule has 1 unspecified atom stereocenters. The lowest BCUT2D eigenvalue weighted by Crippen LogP contribution is -2.43. The van der Waals surface area contributed by atoms with E-state index >= 15 is 0 Å². The molecule has 21 heavy (non-hydrogen) atoms.